The number of hydrogen-bond acceptors (Lipinski definition) is 2. The standard InChI is InChI=1S/C17H20ClNS/c1-2-16(12-5-3-7-14(18)9-12)19-11-15-10-13-6-4-8-17(13)20-15/h3,5,7,9-10,16,19H,2,4,6,8,11H2,1H3. The van der Waals surface area contributed by atoms with Crippen LogP contribution in [0.2, 0.25) is 5.02 Å². The molecule has 0 saturated heterocycles. The van der Waals surface area contributed by atoms with Crippen molar-refractivity contribution in [1.82, 2.24) is 5.32 Å². The third-order valence-corrected chi connectivity index (χ3v) is 5.45. The zero-order valence-electron chi connectivity index (χ0n) is 11.8. The third-order valence-electron chi connectivity index (χ3n) is 3.98. The SMILES string of the molecule is CCC(NCc1cc2c(s1)CCC2)c1cccc(Cl)c1. The number of rotatable bonds is 5. The summed E-state index contributed by atoms with van der Waals surface area (Å²) in [4.78, 5) is 3.08. The Morgan fingerprint density at radius 3 is 2.95 bits per heavy atom. The van der Waals surface area contributed by atoms with Crippen LogP contribution in [0.4, 0.5) is 0 Å². The predicted octanol–water partition coefficient (Wildman–Crippen LogP) is 5.13. The van der Waals surface area contributed by atoms with Crippen molar-refractivity contribution in [3.63, 3.8) is 0 Å². The average Bonchev–Trinajstić information content (AvgIpc) is 3.00. The first kappa shape index (κ1) is 14.1. The number of fused-ring (bicyclic) bond motifs is 1. The van der Waals surface area contributed by atoms with Crippen LogP contribution >= 0.6 is 22.9 Å². The van der Waals surface area contributed by atoms with Crippen molar-refractivity contribution < 1.29 is 0 Å². The summed E-state index contributed by atoms with van der Waals surface area (Å²) in [5, 5.41) is 4.49. The lowest BCUT2D eigenvalue weighted by Gasteiger charge is -2.17. The van der Waals surface area contributed by atoms with E-state index in [1.54, 1.807) is 10.4 Å². The number of hydrogen-bond donors (Lipinski definition) is 1. The topological polar surface area (TPSA) is 12.0 Å². The molecule has 1 N–H and O–H groups in total. The smallest absolute Gasteiger partial charge is 0.0409 e. The first-order valence-corrected chi connectivity index (χ1v) is 8.55. The zero-order valence-corrected chi connectivity index (χ0v) is 13.4. The Labute approximate surface area is 130 Å². The molecule has 1 atom stereocenters. The molecule has 0 bridgehead atoms. The van der Waals surface area contributed by atoms with E-state index >= 15 is 0 Å². The van der Waals surface area contributed by atoms with Crippen molar-refractivity contribution >= 4 is 22.9 Å². The maximum absolute atomic E-state index is 6.09. The Kier molecular flexibility index (Phi) is 4.45. The second-order valence-corrected chi connectivity index (χ2v) is 7.07. The monoisotopic (exact) mass is 305 g/mol. The molecule has 3 heteroatoms. The summed E-state index contributed by atoms with van der Waals surface area (Å²) in [6, 6.07) is 11.0. The summed E-state index contributed by atoms with van der Waals surface area (Å²) in [5.74, 6) is 0. The lowest BCUT2D eigenvalue weighted by atomic mass is 10.0. The molecule has 1 aromatic carbocycles. The highest BCUT2D eigenvalue weighted by Crippen LogP contribution is 2.31. The molecule has 0 fully saturated rings. The van der Waals surface area contributed by atoms with Gasteiger partial charge in [-0.25, -0.2) is 0 Å². The van der Waals surface area contributed by atoms with Gasteiger partial charge in [-0.3, -0.25) is 0 Å². The first-order chi connectivity index (χ1) is 9.76. The summed E-state index contributed by atoms with van der Waals surface area (Å²) < 4.78 is 0. The Balaban J connectivity index is 1.66. The van der Waals surface area contributed by atoms with E-state index in [-0.39, 0.29) is 0 Å². The maximum atomic E-state index is 6.09. The van der Waals surface area contributed by atoms with Crippen molar-refractivity contribution in [3.8, 4) is 0 Å². The van der Waals surface area contributed by atoms with E-state index < -0.39 is 0 Å². The second-order valence-electron chi connectivity index (χ2n) is 5.41. The van der Waals surface area contributed by atoms with E-state index in [0.717, 1.165) is 18.0 Å². The van der Waals surface area contributed by atoms with E-state index in [9.17, 15) is 0 Å². The summed E-state index contributed by atoms with van der Waals surface area (Å²) in [6.45, 7) is 3.18. The number of thiophene rings is 1. The highest BCUT2D eigenvalue weighted by Gasteiger charge is 2.15. The van der Waals surface area contributed by atoms with Gasteiger partial charge in [0, 0.05) is 27.4 Å². The number of aryl methyl sites for hydroxylation is 2. The fourth-order valence-electron chi connectivity index (χ4n) is 2.92. The van der Waals surface area contributed by atoms with Crippen LogP contribution in [0, 0.1) is 0 Å². The highest BCUT2D eigenvalue weighted by atomic mass is 35.5. The average molecular weight is 306 g/mol. The molecule has 1 aliphatic rings. The molecule has 0 saturated carbocycles. The third kappa shape index (κ3) is 3.08. The summed E-state index contributed by atoms with van der Waals surface area (Å²) in [7, 11) is 0. The van der Waals surface area contributed by atoms with Crippen LogP contribution in [-0.2, 0) is 19.4 Å². The Morgan fingerprint density at radius 2 is 2.20 bits per heavy atom. The van der Waals surface area contributed by atoms with Crippen LogP contribution < -0.4 is 5.32 Å². The molecule has 20 heavy (non-hydrogen) atoms. The van der Waals surface area contributed by atoms with Crippen molar-refractivity contribution in [2.45, 2.75) is 45.2 Å². The van der Waals surface area contributed by atoms with Crippen LogP contribution in [0.3, 0.4) is 0 Å². The van der Waals surface area contributed by atoms with Gasteiger partial charge in [0.15, 0.2) is 0 Å². The lowest BCUT2D eigenvalue weighted by molar-refractivity contribution is 0.522. The molecular weight excluding hydrogens is 286 g/mol. The van der Waals surface area contributed by atoms with Gasteiger partial charge < -0.3 is 5.32 Å². The Hall–Kier alpha value is -0.830. The normalized spacial score (nSPS) is 15.3. The van der Waals surface area contributed by atoms with Gasteiger partial charge in [0.2, 0.25) is 0 Å². The Morgan fingerprint density at radius 1 is 1.30 bits per heavy atom. The number of benzene rings is 1. The molecule has 0 radical (unpaired) electrons. The van der Waals surface area contributed by atoms with Gasteiger partial charge in [-0.15, -0.1) is 11.3 Å². The minimum atomic E-state index is 0.380. The van der Waals surface area contributed by atoms with Gasteiger partial charge in [0.1, 0.15) is 0 Å². The fraction of sp³-hybridized carbons (Fsp3) is 0.412. The maximum Gasteiger partial charge on any atom is 0.0409 e. The van der Waals surface area contributed by atoms with Crippen LogP contribution in [0.5, 0.6) is 0 Å². The number of nitrogens with one attached hydrogen (secondary N) is 1. The van der Waals surface area contributed by atoms with Gasteiger partial charge in [0.05, 0.1) is 0 Å². The molecule has 0 spiro atoms. The van der Waals surface area contributed by atoms with Gasteiger partial charge in [-0.05, 0) is 55.0 Å². The fourth-order valence-corrected chi connectivity index (χ4v) is 4.33. The molecule has 1 heterocycles. The van der Waals surface area contributed by atoms with E-state index in [4.69, 9.17) is 11.6 Å². The van der Waals surface area contributed by atoms with Crippen LogP contribution in [0.25, 0.3) is 0 Å². The Bertz CT molecular complexity index is 569. The van der Waals surface area contributed by atoms with Crippen LogP contribution in [-0.4, -0.2) is 0 Å². The first-order valence-electron chi connectivity index (χ1n) is 7.35. The molecule has 1 aromatic heterocycles. The van der Waals surface area contributed by atoms with Gasteiger partial charge in [-0.2, -0.15) is 0 Å². The summed E-state index contributed by atoms with van der Waals surface area (Å²) >= 11 is 8.07. The molecule has 0 aliphatic heterocycles. The largest absolute Gasteiger partial charge is 0.305 e. The lowest BCUT2D eigenvalue weighted by Crippen LogP contribution is -2.19. The molecule has 1 unspecified atom stereocenters. The van der Waals surface area contributed by atoms with E-state index in [1.165, 1.54) is 29.7 Å². The molecular formula is C17H20ClNS. The van der Waals surface area contributed by atoms with E-state index in [1.807, 2.05) is 23.5 Å². The van der Waals surface area contributed by atoms with Crippen LogP contribution in [0.15, 0.2) is 30.3 Å². The molecule has 1 aliphatic carbocycles. The molecule has 1 nitrogen and oxygen atoms in total. The van der Waals surface area contributed by atoms with Crippen molar-refractivity contribution in [1.29, 1.82) is 0 Å². The molecule has 0 amide bonds. The van der Waals surface area contributed by atoms with Crippen molar-refractivity contribution in [2.75, 3.05) is 0 Å². The van der Waals surface area contributed by atoms with Gasteiger partial charge in [0.25, 0.3) is 0 Å². The summed E-state index contributed by atoms with van der Waals surface area (Å²) in [6.07, 6.45) is 4.98. The molecule has 106 valence electrons. The van der Waals surface area contributed by atoms with Crippen molar-refractivity contribution in [3.05, 3.63) is 56.2 Å². The minimum Gasteiger partial charge on any atom is -0.305 e. The number of halogens is 1. The van der Waals surface area contributed by atoms with E-state index in [0.29, 0.717) is 6.04 Å². The minimum absolute atomic E-state index is 0.380. The summed E-state index contributed by atoms with van der Waals surface area (Å²) in [5.41, 5.74) is 2.87. The van der Waals surface area contributed by atoms with Gasteiger partial charge >= 0.3 is 0 Å². The molecule has 2 aromatic rings. The van der Waals surface area contributed by atoms with E-state index in [2.05, 4.69) is 30.4 Å². The van der Waals surface area contributed by atoms with Crippen molar-refractivity contribution in [2.24, 2.45) is 0 Å². The second kappa shape index (κ2) is 6.30. The quantitative estimate of drug-likeness (QED) is 0.807. The molecule has 3 rings (SSSR count). The zero-order chi connectivity index (χ0) is 13.9. The highest BCUT2D eigenvalue weighted by molar-refractivity contribution is 7.12. The van der Waals surface area contributed by atoms with Crippen LogP contribution in [0.1, 0.15) is 46.7 Å². The predicted molar refractivity (Wildman–Crippen MR) is 87.7 cm³/mol. The van der Waals surface area contributed by atoms with Gasteiger partial charge in [-0.1, -0.05) is 30.7 Å².